The van der Waals surface area contributed by atoms with Crippen molar-refractivity contribution in [3.63, 3.8) is 0 Å². The number of nitrogens with zero attached hydrogens (tertiary/aromatic N) is 2. The molecule has 8 heavy (non-hydrogen) atoms. The van der Waals surface area contributed by atoms with Crippen LogP contribution in [0.4, 0.5) is 0 Å². The summed E-state index contributed by atoms with van der Waals surface area (Å²) in [5, 5.41) is 0.665. The Hall–Kier alpha value is -0.310. The average Bonchev–Trinajstić information content (AvgIpc) is 2.43. The molecule has 0 aromatic carbocycles. The van der Waals surface area contributed by atoms with Gasteiger partial charge in [-0.15, -0.1) is 0 Å². The normalized spacial score (nSPS) is 32.9. The van der Waals surface area contributed by atoms with E-state index in [1.807, 2.05) is 6.92 Å². The van der Waals surface area contributed by atoms with Gasteiger partial charge in [-0.2, -0.15) is 0 Å². The van der Waals surface area contributed by atoms with Gasteiger partial charge in [0.15, 0.2) is 0 Å². The van der Waals surface area contributed by atoms with Crippen LogP contribution in [0.25, 0.3) is 0 Å². The number of hydrogen-bond acceptors (Lipinski definition) is 3. The second-order valence-electron chi connectivity index (χ2n) is 2.04. The molecule has 2 rings (SSSR count). The molecule has 0 spiro atoms. The molecule has 1 atom stereocenters. The highest BCUT2D eigenvalue weighted by Crippen LogP contribution is 2.35. The van der Waals surface area contributed by atoms with E-state index in [1.54, 1.807) is 11.9 Å². The Labute approximate surface area is 52.2 Å². The summed E-state index contributed by atoms with van der Waals surface area (Å²) in [6, 6.07) is 0. The molecule has 0 radical (unpaired) electrons. The van der Waals surface area contributed by atoms with Gasteiger partial charge in [-0.1, -0.05) is 0 Å². The standard InChI is InChI=1S/C5H6N2S/c1-3-6-4-2-5(4)8-7-3/h5H,2H2,1H3. The summed E-state index contributed by atoms with van der Waals surface area (Å²) in [6.07, 6.45) is 1.17. The van der Waals surface area contributed by atoms with Gasteiger partial charge in [-0.25, -0.2) is 9.39 Å². The van der Waals surface area contributed by atoms with Crippen LogP contribution in [0.1, 0.15) is 13.3 Å². The van der Waals surface area contributed by atoms with Crippen molar-refractivity contribution in [2.75, 3.05) is 0 Å². The Morgan fingerprint density at radius 1 is 1.75 bits per heavy atom. The van der Waals surface area contributed by atoms with E-state index in [0.717, 1.165) is 5.84 Å². The van der Waals surface area contributed by atoms with Gasteiger partial charge in [0, 0.05) is 12.1 Å². The van der Waals surface area contributed by atoms with E-state index in [-0.39, 0.29) is 0 Å². The van der Waals surface area contributed by atoms with E-state index in [4.69, 9.17) is 0 Å². The van der Waals surface area contributed by atoms with Gasteiger partial charge < -0.3 is 0 Å². The van der Waals surface area contributed by atoms with E-state index in [2.05, 4.69) is 9.39 Å². The van der Waals surface area contributed by atoms with Gasteiger partial charge in [-0.05, 0) is 18.9 Å². The topological polar surface area (TPSA) is 24.7 Å². The van der Waals surface area contributed by atoms with Crippen molar-refractivity contribution in [2.24, 2.45) is 9.39 Å². The summed E-state index contributed by atoms with van der Waals surface area (Å²) in [5.74, 6) is 0.929. The fraction of sp³-hybridized carbons (Fsp3) is 0.600. The Morgan fingerprint density at radius 2 is 2.62 bits per heavy atom. The van der Waals surface area contributed by atoms with Crippen LogP contribution in [0.3, 0.4) is 0 Å². The summed E-state index contributed by atoms with van der Waals surface area (Å²) >= 11 is 1.66. The van der Waals surface area contributed by atoms with Crippen LogP contribution in [-0.4, -0.2) is 16.8 Å². The zero-order chi connectivity index (χ0) is 5.56. The Morgan fingerprint density at radius 3 is 3.25 bits per heavy atom. The third-order valence-corrected chi connectivity index (χ3v) is 2.29. The lowest BCUT2D eigenvalue weighted by molar-refractivity contribution is 1.49. The molecule has 42 valence electrons. The molecule has 2 aliphatic rings. The monoisotopic (exact) mass is 126 g/mol. The second kappa shape index (κ2) is 1.35. The van der Waals surface area contributed by atoms with Crippen molar-refractivity contribution in [2.45, 2.75) is 18.6 Å². The zero-order valence-corrected chi connectivity index (χ0v) is 5.40. The first-order chi connectivity index (χ1) is 3.86. The first-order valence-corrected chi connectivity index (χ1v) is 3.48. The van der Waals surface area contributed by atoms with Crippen molar-refractivity contribution in [3.05, 3.63) is 0 Å². The Kier molecular flexibility index (Phi) is 0.766. The lowest BCUT2D eigenvalue weighted by Gasteiger charge is -1.94. The lowest BCUT2D eigenvalue weighted by Crippen LogP contribution is -1.92. The number of fused-ring (bicyclic) bond motifs is 1. The average molecular weight is 126 g/mol. The Balaban J connectivity index is 2.29. The van der Waals surface area contributed by atoms with E-state index in [9.17, 15) is 0 Å². The van der Waals surface area contributed by atoms with Gasteiger partial charge in [0.05, 0.1) is 5.25 Å². The van der Waals surface area contributed by atoms with Crippen LogP contribution < -0.4 is 0 Å². The van der Waals surface area contributed by atoms with Gasteiger partial charge in [-0.3, -0.25) is 0 Å². The fourth-order valence-electron chi connectivity index (χ4n) is 0.715. The van der Waals surface area contributed by atoms with Crippen molar-refractivity contribution < 1.29 is 0 Å². The molecule has 0 aromatic heterocycles. The molecule has 1 unspecified atom stereocenters. The van der Waals surface area contributed by atoms with Gasteiger partial charge >= 0.3 is 0 Å². The van der Waals surface area contributed by atoms with E-state index >= 15 is 0 Å². The quantitative estimate of drug-likeness (QED) is 0.449. The predicted octanol–water partition coefficient (Wildman–Crippen LogP) is 1.28. The molecule has 1 heterocycles. The zero-order valence-electron chi connectivity index (χ0n) is 4.59. The highest BCUT2D eigenvalue weighted by molar-refractivity contribution is 8.00. The van der Waals surface area contributed by atoms with Crippen molar-refractivity contribution in [3.8, 4) is 0 Å². The molecule has 3 heteroatoms. The second-order valence-corrected chi connectivity index (χ2v) is 3.00. The molecule has 0 aromatic rings. The molecule has 0 saturated heterocycles. The van der Waals surface area contributed by atoms with Gasteiger partial charge in [0.1, 0.15) is 5.84 Å². The number of aliphatic imine (C=N–C) groups is 1. The minimum atomic E-state index is 0.665. The van der Waals surface area contributed by atoms with E-state index in [1.165, 1.54) is 12.1 Å². The summed E-state index contributed by atoms with van der Waals surface area (Å²) < 4.78 is 4.10. The molecule has 0 N–H and O–H groups in total. The summed E-state index contributed by atoms with van der Waals surface area (Å²) in [6.45, 7) is 1.94. The molecule has 2 nitrogen and oxygen atoms in total. The van der Waals surface area contributed by atoms with E-state index < -0.39 is 0 Å². The van der Waals surface area contributed by atoms with Gasteiger partial charge in [0.2, 0.25) is 0 Å². The number of rotatable bonds is 0. The van der Waals surface area contributed by atoms with Crippen LogP contribution in [0.2, 0.25) is 0 Å². The lowest BCUT2D eigenvalue weighted by atomic mass is 10.7. The Bertz CT molecular complexity index is 183. The third kappa shape index (κ3) is 0.580. The first kappa shape index (κ1) is 4.56. The van der Waals surface area contributed by atoms with Crippen LogP contribution >= 0.6 is 11.9 Å². The largest absolute Gasteiger partial charge is 0.241 e. The van der Waals surface area contributed by atoms with Crippen molar-refractivity contribution >= 4 is 23.5 Å². The molecule has 1 fully saturated rings. The third-order valence-electron chi connectivity index (χ3n) is 1.22. The van der Waals surface area contributed by atoms with Crippen LogP contribution in [0.15, 0.2) is 9.39 Å². The predicted molar refractivity (Wildman–Crippen MR) is 36.5 cm³/mol. The van der Waals surface area contributed by atoms with Crippen LogP contribution in [0, 0.1) is 0 Å². The summed E-state index contributed by atoms with van der Waals surface area (Å²) in [5.41, 5.74) is 1.34. The summed E-state index contributed by atoms with van der Waals surface area (Å²) in [4.78, 5) is 4.20. The van der Waals surface area contributed by atoms with Gasteiger partial charge in [0.25, 0.3) is 0 Å². The summed E-state index contributed by atoms with van der Waals surface area (Å²) in [7, 11) is 0. The molecule has 0 amide bonds. The van der Waals surface area contributed by atoms with Crippen LogP contribution in [-0.2, 0) is 0 Å². The smallest absolute Gasteiger partial charge is 0.133 e. The highest BCUT2D eigenvalue weighted by Gasteiger charge is 2.35. The molecule has 1 aliphatic heterocycles. The maximum atomic E-state index is 4.20. The SMILES string of the molecule is CC1=NSC2CC2=N1. The van der Waals surface area contributed by atoms with Crippen molar-refractivity contribution in [1.82, 2.24) is 0 Å². The minimum Gasteiger partial charge on any atom is -0.241 e. The highest BCUT2D eigenvalue weighted by atomic mass is 32.2. The molecule has 1 aliphatic carbocycles. The van der Waals surface area contributed by atoms with E-state index in [0.29, 0.717) is 5.25 Å². The molecular formula is C5H6N2S. The molecule has 1 saturated carbocycles. The van der Waals surface area contributed by atoms with Crippen molar-refractivity contribution in [1.29, 1.82) is 0 Å². The number of amidine groups is 1. The maximum absolute atomic E-state index is 4.20. The molecular weight excluding hydrogens is 120 g/mol. The minimum absolute atomic E-state index is 0.665. The maximum Gasteiger partial charge on any atom is 0.133 e. The number of hydrogen-bond donors (Lipinski definition) is 0. The first-order valence-electron chi connectivity index (χ1n) is 2.64. The molecule has 0 bridgehead atoms. The van der Waals surface area contributed by atoms with Crippen LogP contribution in [0.5, 0.6) is 0 Å². The fourth-order valence-corrected chi connectivity index (χ4v) is 1.46.